The number of para-hydroxylation sites is 3. The summed E-state index contributed by atoms with van der Waals surface area (Å²) in [6, 6.07) is 67.1. The molecule has 3 aromatic heterocycles. The maximum absolute atomic E-state index is 5.41. The average Bonchev–Trinajstić information content (AvgIpc) is 3.72. The predicted octanol–water partition coefficient (Wildman–Crippen LogP) is 12.3. The Morgan fingerprint density at radius 3 is 1.40 bits per heavy atom. The minimum absolute atomic E-state index is 0.895. The third kappa shape index (κ3) is 4.48. The fourth-order valence-corrected chi connectivity index (χ4v) is 7.70. The van der Waals surface area contributed by atoms with Gasteiger partial charge in [-0.2, -0.15) is 0 Å². The summed E-state index contributed by atoms with van der Waals surface area (Å²) in [4.78, 5) is 5.41. The summed E-state index contributed by atoms with van der Waals surface area (Å²) in [5, 5.41) is 4.96. The summed E-state index contributed by atoms with van der Waals surface area (Å²) in [6.45, 7) is 0. The molecule has 0 radical (unpaired) electrons. The van der Waals surface area contributed by atoms with Crippen LogP contribution in [0.15, 0.2) is 188 Å². The van der Waals surface area contributed by atoms with Crippen LogP contribution in [0.1, 0.15) is 0 Å². The van der Waals surface area contributed by atoms with Crippen molar-refractivity contribution in [2.45, 2.75) is 0 Å². The molecule has 0 bridgehead atoms. The standard InChI is InChI=1S/C47H31N3/c1-4-15-32(16-5-1)34-29-35(33-17-6-2-7-18-33)31-36(30-34)40-23-14-26-45(48-40)50-42-25-13-11-22-39(42)47-44(50)28-27-43-46(47)38-21-10-12-24-41(38)49(43)37-19-8-3-9-20-37/h1-31H. The fourth-order valence-electron chi connectivity index (χ4n) is 7.70. The zero-order valence-electron chi connectivity index (χ0n) is 27.2. The largest absolute Gasteiger partial charge is 0.309 e. The van der Waals surface area contributed by atoms with E-state index < -0.39 is 0 Å². The van der Waals surface area contributed by atoms with E-state index in [4.69, 9.17) is 4.98 Å². The first kappa shape index (κ1) is 28.3. The van der Waals surface area contributed by atoms with Gasteiger partial charge in [0.25, 0.3) is 0 Å². The van der Waals surface area contributed by atoms with Gasteiger partial charge in [-0.3, -0.25) is 4.57 Å². The Hall–Kier alpha value is -6.71. The first-order chi connectivity index (χ1) is 24.8. The van der Waals surface area contributed by atoms with Crippen LogP contribution in [-0.2, 0) is 0 Å². The number of pyridine rings is 1. The summed E-state index contributed by atoms with van der Waals surface area (Å²) < 4.78 is 4.72. The minimum Gasteiger partial charge on any atom is -0.309 e. The van der Waals surface area contributed by atoms with E-state index in [1.807, 2.05) is 0 Å². The predicted molar refractivity (Wildman–Crippen MR) is 209 cm³/mol. The van der Waals surface area contributed by atoms with Gasteiger partial charge in [-0.25, -0.2) is 4.98 Å². The van der Waals surface area contributed by atoms with Crippen LogP contribution < -0.4 is 0 Å². The minimum atomic E-state index is 0.895. The molecule has 0 aliphatic heterocycles. The molecule has 0 aliphatic rings. The first-order valence-electron chi connectivity index (χ1n) is 17.1. The Bertz CT molecular complexity index is 2790. The summed E-state index contributed by atoms with van der Waals surface area (Å²) in [7, 11) is 0. The molecule has 10 aromatic rings. The van der Waals surface area contributed by atoms with Gasteiger partial charge in [0.15, 0.2) is 0 Å². The van der Waals surface area contributed by atoms with Gasteiger partial charge in [0, 0.05) is 32.8 Å². The topological polar surface area (TPSA) is 22.8 Å². The van der Waals surface area contributed by atoms with Crippen LogP contribution in [0, 0.1) is 0 Å². The lowest BCUT2D eigenvalue weighted by atomic mass is 9.95. The molecule has 0 spiro atoms. The molecular weight excluding hydrogens is 607 g/mol. The molecule has 0 N–H and O–H groups in total. The van der Waals surface area contributed by atoms with Crippen LogP contribution in [-0.4, -0.2) is 14.1 Å². The third-order valence-corrected chi connectivity index (χ3v) is 9.89. The highest BCUT2D eigenvalue weighted by molar-refractivity contribution is 6.28. The highest BCUT2D eigenvalue weighted by Crippen LogP contribution is 2.42. The van der Waals surface area contributed by atoms with Crippen molar-refractivity contribution in [2.75, 3.05) is 0 Å². The molecule has 0 amide bonds. The number of fused-ring (bicyclic) bond motifs is 7. The van der Waals surface area contributed by atoms with Gasteiger partial charge in [-0.05, 0) is 89.0 Å². The van der Waals surface area contributed by atoms with Gasteiger partial charge in [0.2, 0.25) is 0 Å². The summed E-state index contributed by atoms with van der Waals surface area (Å²) in [5.41, 5.74) is 12.6. The number of rotatable bonds is 5. The smallest absolute Gasteiger partial charge is 0.138 e. The lowest BCUT2D eigenvalue weighted by Gasteiger charge is -2.13. The molecule has 0 unspecified atom stereocenters. The number of hydrogen-bond donors (Lipinski definition) is 0. The van der Waals surface area contributed by atoms with Crippen molar-refractivity contribution in [3.05, 3.63) is 188 Å². The molecule has 0 saturated heterocycles. The zero-order chi connectivity index (χ0) is 33.0. The van der Waals surface area contributed by atoms with Crippen molar-refractivity contribution >= 4 is 43.6 Å². The molecule has 234 valence electrons. The van der Waals surface area contributed by atoms with Gasteiger partial charge in [-0.15, -0.1) is 0 Å². The molecule has 0 saturated carbocycles. The molecule has 7 aromatic carbocycles. The van der Waals surface area contributed by atoms with Crippen LogP contribution >= 0.6 is 0 Å². The van der Waals surface area contributed by atoms with E-state index in [9.17, 15) is 0 Å². The Morgan fingerprint density at radius 2 is 0.800 bits per heavy atom. The lowest BCUT2D eigenvalue weighted by Crippen LogP contribution is -1.99. The van der Waals surface area contributed by atoms with E-state index in [0.29, 0.717) is 0 Å². The molecule has 3 heterocycles. The molecule has 0 atom stereocenters. The molecular formula is C47H31N3. The van der Waals surface area contributed by atoms with E-state index in [1.54, 1.807) is 0 Å². The second kappa shape index (κ2) is 11.5. The highest BCUT2D eigenvalue weighted by Gasteiger charge is 2.21. The number of benzene rings is 7. The molecule has 50 heavy (non-hydrogen) atoms. The second-order valence-corrected chi connectivity index (χ2v) is 12.8. The van der Waals surface area contributed by atoms with Crippen LogP contribution in [0.25, 0.3) is 88.6 Å². The van der Waals surface area contributed by atoms with Crippen LogP contribution in [0.3, 0.4) is 0 Å². The Labute approximate surface area is 290 Å². The normalized spacial score (nSPS) is 11.6. The van der Waals surface area contributed by atoms with Crippen molar-refractivity contribution in [1.82, 2.24) is 14.1 Å². The number of aromatic nitrogens is 3. The van der Waals surface area contributed by atoms with E-state index in [2.05, 4.69) is 197 Å². The van der Waals surface area contributed by atoms with Gasteiger partial charge >= 0.3 is 0 Å². The average molecular weight is 638 g/mol. The van der Waals surface area contributed by atoms with Crippen LogP contribution in [0.4, 0.5) is 0 Å². The van der Waals surface area contributed by atoms with E-state index >= 15 is 0 Å². The first-order valence-corrected chi connectivity index (χ1v) is 17.1. The summed E-state index contributed by atoms with van der Waals surface area (Å²) in [6.07, 6.45) is 0. The van der Waals surface area contributed by atoms with Crippen LogP contribution in [0.5, 0.6) is 0 Å². The van der Waals surface area contributed by atoms with Crippen molar-refractivity contribution in [3.63, 3.8) is 0 Å². The Morgan fingerprint density at radius 1 is 0.320 bits per heavy atom. The van der Waals surface area contributed by atoms with Gasteiger partial charge in [0.1, 0.15) is 5.82 Å². The summed E-state index contributed by atoms with van der Waals surface area (Å²) >= 11 is 0. The molecule has 0 aliphatic carbocycles. The lowest BCUT2D eigenvalue weighted by molar-refractivity contribution is 1.08. The van der Waals surface area contributed by atoms with Crippen LogP contribution in [0.2, 0.25) is 0 Å². The quantitative estimate of drug-likeness (QED) is 0.184. The maximum atomic E-state index is 5.41. The van der Waals surface area contributed by atoms with Gasteiger partial charge < -0.3 is 4.57 Å². The molecule has 3 nitrogen and oxygen atoms in total. The van der Waals surface area contributed by atoms with E-state index in [1.165, 1.54) is 54.8 Å². The number of hydrogen-bond acceptors (Lipinski definition) is 1. The number of nitrogens with zero attached hydrogens (tertiary/aromatic N) is 3. The van der Waals surface area contributed by atoms with Crippen molar-refractivity contribution in [2.24, 2.45) is 0 Å². The fraction of sp³-hybridized carbons (Fsp3) is 0. The van der Waals surface area contributed by atoms with E-state index in [-0.39, 0.29) is 0 Å². The Kier molecular flexibility index (Phi) is 6.49. The highest BCUT2D eigenvalue weighted by atomic mass is 15.1. The van der Waals surface area contributed by atoms with Gasteiger partial charge in [0.05, 0.1) is 27.8 Å². The zero-order valence-corrected chi connectivity index (χ0v) is 27.2. The van der Waals surface area contributed by atoms with Crippen molar-refractivity contribution in [1.29, 1.82) is 0 Å². The third-order valence-electron chi connectivity index (χ3n) is 9.89. The SMILES string of the molecule is c1ccc(-c2cc(-c3ccccc3)cc(-c3cccc(-n4c5ccccc5c5c6c7ccccc7n(-c7ccccc7)c6ccc54)n3)c2)cc1. The maximum Gasteiger partial charge on any atom is 0.138 e. The molecule has 3 heteroatoms. The Balaban J connectivity index is 1.22. The van der Waals surface area contributed by atoms with Gasteiger partial charge in [-0.1, -0.05) is 121 Å². The van der Waals surface area contributed by atoms with Crippen molar-refractivity contribution in [3.8, 4) is 45.0 Å². The molecule has 0 fully saturated rings. The monoisotopic (exact) mass is 637 g/mol. The van der Waals surface area contributed by atoms with E-state index in [0.717, 1.165) is 33.8 Å². The van der Waals surface area contributed by atoms with Crippen molar-refractivity contribution < 1.29 is 0 Å². The molecule has 10 rings (SSSR count). The second-order valence-electron chi connectivity index (χ2n) is 12.8. The summed E-state index contributed by atoms with van der Waals surface area (Å²) in [5.74, 6) is 0.895.